The summed E-state index contributed by atoms with van der Waals surface area (Å²) < 4.78 is 0. The molecule has 1 heterocycles. The lowest BCUT2D eigenvalue weighted by molar-refractivity contribution is 0.0938. The molecule has 1 atom stereocenters. The summed E-state index contributed by atoms with van der Waals surface area (Å²) in [5, 5.41) is 11.8. The summed E-state index contributed by atoms with van der Waals surface area (Å²) in [6.45, 7) is 4.92. The van der Waals surface area contributed by atoms with E-state index in [1.165, 1.54) is 19.3 Å². The largest absolute Gasteiger partial charge is 0.351 e. The SMILES string of the molecule is CC1CCCCN1CCNC(=O)c1cccc(C#N)c1. The van der Waals surface area contributed by atoms with Crippen LogP contribution in [0.2, 0.25) is 0 Å². The summed E-state index contributed by atoms with van der Waals surface area (Å²) in [6.07, 6.45) is 3.81. The first-order valence-corrected chi connectivity index (χ1v) is 7.23. The highest BCUT2D eigenvalue weighted by atomic mass is 16.1. The maximum absolute atomic E-state index is 12.0. The minimum Gasteiger partial charge on any atom is -0.351 e. The molecule has 2 rings (SSSR count). The Kier molecular flexibility index (Phi) is 5.14. The number of benzene rings is 1. The van der Waals surface area contributed by atoms with Gasteiger partial charge in [-0.2, -0.15) is 5.26 Å². The summed E-state index contributed by atoms with van der Waals surface area (Å²) in [5.74, 6) is -0.105. The predicted molar refractivity (Wildman–Crippen MR) is 78.4 cm³/mol. The third kappa shape index (κ3) is 3.82. The average molecular weight is 271 g/mol. The van der Waals surface area contributed by atoms with Gasteiger partial charge in [-0.05, 0) is 44.5 Å². The lowest BCUT2D eigenvalue weighted by Crippen LogP contribution is -2.42. The van der Waals surface area contributed by atoms with Crippen molar-refractivity contribution >= 4 is 5.91 Å². The lowest BCUT2D eigenvalue weighted by Gasteiger charge is -2.33. The third-order valence-electron chi connectivity index (χ3n) is 3.88. The van der Waals surface area contributed by atoms with Crippen molar-refractivity contribution < 1.29 is 4.79 Å². The summed E-state index contributed by atoms with van der Waals surface area (Å²) in [7, 11) is 0. The molecule has 1 aromatic rings. The Labute approximate surface area is 120 Å². The van der Waals surface area contributed by atoms with Crippen LogP contribution in [-0.4, -0.2) is 36.5 Å². The fourth-order valence-electron chi connectivity index (χ4n) is 2.63. The van der Waals surface area contributed by atoms with Crippen LogP contribution in [0.3, 0.4) is 0 Å². The van der Waals surface area contributed by atoms with Crippen molar-refractivity contribution in [2.24, 2.45) is 0 Å². The number of hydrogen-bond acceptors (Lipinski definition) is 3. The fourth-order valence-corrected chi connectivity index (χ4v) is 2.63. The Hall–Kier alpha value is -1.86. The van der Waals surface area contributed by atoms with Crippen molar-refractivity contribution in [2.45, 2.75) is 32.2 Å². The van der Waals surface area contributed by atoms with Crippen LogP contribution in [0.25, 0.3) is 0 Å². The molecule has 4 heteroatoms. The van der Waals surface area contributed by atoms with E-state index in [-0.39, 0.29) is 5.91 Å². The molecule has 1 amide bonds. The van der Waals surface area contributed by atoms with E-state index in [2.05, 4.69) is 17.1 Å². The minimum absolute atomic E-state index is 0.105. The van der Waals surface area contributed by atoms with Crippen molar-refractivity contribution in [3.63, 3.8) is 0 Å². The molecule has 20 heavy (non-hydrogen) atoms. The molecular formula is C16H21N3O. The van der Waals surface area contributed by atoms with Crippen molar-refractivity contribution in [1.82, 2.24) is 10.2 Å². The second kappa shape index (κ2) is 7.06. The molecule has 0 aromatic heterocycles. The van der Waals surface area contributed by atoms with Crippen molar-refractivity contribution in [1.29, 1.82) is 5.26 Å². The number of likely N-dealkylation sites (tertiary alicyclic amines) is 1. The summed E-state index contributed by atoms with van der Waals surface area (Å²) in [4.78, 5) is 14.4. The number of rotatable bonds is 4. The van der Waals surface area contributed by atoms with Crippen LogP contribution in [0.1, 0.15) is 42.1 Å². The zero-order valence-electron chi connectivity index (χ0n) is 11.9. The van der Waals surface area contributed by atoms with Gasteiger partial charge in [0.05, 0.1) is 11.6 Å². The maximum atomic E-state index is 12.0. The monoisotopic (exact) mass is 271 g/mol. The van der Waals surface area contributed by atoms with Gasteiger partial charge >= 0.3 is 0 Å². The van der Waals surface area contributed by atoms with E-state index in [0.717, 1.165) is 13.1 Å². The first-order valence-electron chi connectivity index (χ1n) is 7.23. The van der Waals surface area contributed by atoms with Gasteiger partial charge in [0.2, 0.25) is 0 Å². The smallest absolute Gasteiger partial charge is 0.251 e. The molecular weight excluding hydrogens is 250 g/mol. The Morgan fingerprint density at radius 3 is 3.10 bits per heavy atom. The standard InChI is InChI=1S/C16H21N3O/c1-13-5-2-3-9-19(13)10-8-18-16(20)15-7-4-6-14(11-15)12-17/h4,6-7,11,13H,2-3,5,8-10H2,1H3,(H,18,20). The third-order valence-corrected chi connectivity index (χ3v) is 3.88. The van der Waals surface area contributed by atoms with Gasteiger partial charge < -0.3 is 5.32 Å². The fraction of sp³-hybridized carbons (Fsp3) is 0.500. The van der Waals surface area contributed by atoms with E-state index in [1.807, 2.05) is 6.07 Å². The van der Waals surface area contributed by atoms with E-state index in [4.69, 9.17) is 5.26 Å². The van der Waals surface area contributed by atoms with Gasteiger partial charge in [-0.1, -0.05) is 12.5 Å². The van der Waals surface area contributed by atoms with Crippen LogP contribution < -0.4 is 5.32 Å². The second-order valence-corrected chi connectivity index (χ2v) is 5.33. The predicted octanol–water partition coefficient (Wildman–Crippen LogP) is 2.16. The first kappa shape index (κ1) is 14.5. The Bertz CT molecular complexity index is 507. The van der Waals surface area contributed by atoms with Crippen LogP contribution in [-0.2, 0) is 0 Å². The summed E-state index contributed by atoms with van der Waals surface area (Å²) in [5.41, 5.74) is 1.07. The Morgan fingerprint density at radius 1 is 1.50 bits per heavy atom. The van der Waals surface area contributed by atoms with E-state index < -0.39 is 0 Å². The minimum atomic E-state index is -0.105. The molecule has 0 radical (unpaired) electrons. The molecule has 0 aliphatic carbocycles. The van der Waals surface area contributed by atoms with Crippen LogP contribution >= 0.6 is 0 Å². The summed E-state index contributed by atoms with van der Waals surface area (Å²) >= 11 is 0. The van der Waals surface area contributed by atoms with E-state index in [1.54, 1.807) is 24.3 Å². The van der Waals surface area contributed by atoms with Gasteiger partial charge in [0.25, 0.3) is 5.91 Å². The number of amides is 1. The number of piperidine rings is 1. The molecule has 0 saturated carbocycles. The Morgan fingerprint density at radius 2 is 2.35 bits per heavy atom. The molecule has 1 unspecified atom stereocenters. The first-order chi connectivity index (χ1) is 9.70. The zero-order valence-corrected chi connectivity index (χ0v) is 11.9. The quantitative estimate of drug-likeness (QED) is 0.913. The van der Waals surface area contributed by atoms with Gasteiger partial charge in [0.1, 0.15) is 0 Å². The van der Waals surface area contributed by atoms with Crippen LogP contribution in [0.5, 0.6) is 0 Å². The molecule has 1 aromatic carbocycles. The van der Waals surface area contributed by atoms with Gasteiger partial charge in [0, 0.05) is 24.7 Å². The molecule has 1 N–H and O–H groups in total. The highest BCUT2D eigenvalue weighted by Crippen LogP contribution is 2.15. The van der Waals surface area contributed by atoms with E-state index in [9.17, 15) is 4.79 Å². The van der Waals surface area contributed by atoms with Crippen LogP contribution in [0.15, 0.2) is 24.3 Å². The highest BCUT2D eigenvalue weighted by Gasteiger charge is 2.17. The highest BCUT2D eigenvalue weighted by molar-refractivity contribution is 5.94. The lowest BCUT2D eigenvalue weighted by atomic mass is 10.0. The molecule has 4 nitrogen and oxygen atoms in total. The van der Waals surface area contributed by atoms with Gasteiger partial charge in [-0.15, -0.1) is 0 Å². The molecule has 0 spiro atoms. The number of nitrogens with zero attached hydrogens (tertiary/aromatic N) is 2. The maximum Gasteiger partial charge on any atom is 0.251 e. The molecule has 1 aliphatic rings. The molecule has 0 bridgehead atoms. The van der Waals surface area contributed by atoms with Gasteiger partial charge in [-0.25, -0.2) is 0 Å². The number of hydrogen-bond donors (Lipinski definition) is 1. The topological polar surface area (TPSA) is 56.1 Å². The Balaban J connectivity index is 1.81. The molecule has 106 valence electrons. The van der Waals surface area contributed by atoms with E-state index >= 15 is 0 Å². The summed E-state index contributed by atoms with van der Waals surface area (Å²) in [6, 6.07) is 9.46. The number of carbonyl (C=O) groups is 1. The van der Waals surface area contributed by atoms with Gasteiger partial charge in [-0.3, -0.25) is 9.69 Å². The van der Waals surface area contributed by atoms with Crippen molar-refractivity contribution in [3.05, 3.63) is 35.4 Å². The van der Waals surface area contributed by atoms with Crippen molar-refractivity contribution in [2.75, 3.05) is 19.6 Å². The molecule has 1 aliphatic heterocycles. The zero-order chi connectivity index (χ0) is 14.4. The average Bonchev–Trinajstić information content (AvgIpc) is 2.49. The number of nitrogens with one attached hydrogen (secondary N) is 1. The number of carbonyl (C=O) groups excluding carboxylic acids is 1. The van der Waals surface area contributed by atoms with Crippen molar-refractivity contribution in [3.8, 4) is 6.07 Å². The van der Waals surface area contributed by atoms with Gasteiger partial charge in [0.15, 0.2) is 0 Å². The molecule has 1 fully saturated rings. The van der Waals surface area contributed by atoms with E-state index in [0.29, 0.717) is 23.7 Å². The second-order valence-electron chi connectivity index (χ2n) is 5.33. The number of nitriles is 1. The molecule has 1 saturated heterocycles. The van der Waals surface area contributed by atoms with Crippen LogP contribution in [0, 0.1) is 11.3 Å². The normalized spacial score (nSPS) is 19.3. The van der Waals surface area contributed by atoms with Crippen LogP contribution in [0.4, 0.5) is 0 Å².